The van der Waals surface area contributed by atoms with Crippen molar-refractivity contribution in [2.24, 2.45) is 0 Å². The van der Waals surface area contributed by atoms with Gasteiger partial charge in [-0.1, -0.05) is 42.5 Å². The average molecular weight is 443 g/mol. The number of rotatable bonds is 4. The van der Waals surface area contributed by atoms with Gasteiger partial charge in [0.15, 0.2) is 11.5 Å². The van der Waals surface area contributed by atoms with Gasteiger partial charge in [0.2, 0.25) is 0 Å². The zero-order valence-electron chi connectivity index (χ0n) is 16.5. The summed E-state index contributed by atoms with van der Waals surface area (Å²) in [5.74, 6) is 1.29. The second-order valence-corrected chi connectivity index (χ2v) is 6.85. The molecule has 0 unspecified atom stereocenters. The fraction of sp³-hybridized carbons (Fsp3) is 0.125. The fourth-order valence-corrected chi connectivity index (χ4v) is 3.71. The van der Waals surface area contributed by atoms with Gasteiger partial charge >= 0.3 is 0 Å². The predicted octanol–water partition coefficient (Wildman–Crippen LogP) is 5.92. The van der Waals surface area contributed by atoms with E-state index in [1.807, 2.05) is 61.6 Å². The van der Waals surface area contributed by atoms with Crippen LogP contribution in [0.2, 0.25) is 0 Å². The molecule has 5 heteroatoms. The number of benzene rings is 2. The van der Waals surface area contributed by atoms with Crippen molar-refractivity contribution in [2.45, 2.75) is 4.90 Å². The number of nitrogens with zero attached hydrogens (tertiary/aromatic N) is 1. The summed E-state index contributed by atoms with van der Waals surface area (Å²) in [5, 5.41) is 11.5. The molecule has 3 nitrogen and oxygen atoms in total. The second-order valence-electron chi connectivity index (χ2n) is 6.00. The topological polar surface area (TPSA) is 42.2 Å². The first kappa shape index (κ1) is 22.9. The van der Waals surface area contributed by atoms with Gasteiger partial charge in [0.05, 0.1) is 19.8 Å². The Morgan fingerprint density at radius 1 is 0.862 bits per heavy atom. The van der Waals surface area contributed by atoms with Crippen molar-refractivity contribution in [1.82, 2.24) is 0 Å². The van der Waals surface area contributed by atoms with E-state index in [1.165, 1.54) is 0 Å². The summed E-state index contributed by atoms with van der Waals surface area (Å²) in [5.41, 5.74) is 2.89. The maximum Gasteiger partial charge on any atom is 0.161 e. The monoisotopic (exact) mass is 443 g/mol. The summed E-state index contributed by atoms with van der Waals surface area (Å²) in [6, 6.07) is 8.24. The zero-order valence-corrected chi connectivity index (χ0v) is 18.4. The van der Waals surface area contributed by atoms with Gasteiger partial charge in [-0.25, -0.2) is 0 Å². The molecule has 0 aliphatic heterocycles. The number of nitriles is 1. The van der Waals surface area contributed by atoms with Crippen molar-refractivity contribution in [3.05, 3.63) is 84.7 Å². The SMILES string of the molecule is COc1cc2c(C3=C[CH]C=C3)cc(SC)c(C#N)c2cc1OC.[CH]1C=CC=C1.[Fe]. The molecule has 0 bridgehead atoms. The second kappa shape index (κ2) is 11.0. The van der Waals surface area contributed by atoms with Crippen LogP contribution in [-0.4, -0.2) is 20.5 Å². The first-order chi connectivity index (χ1) is 13.7. The van der Waals surface area contributed by atoms with Crippen LogP contribution in [0.25, 0.3) is 16.3 Å². The third-order valence-corrected chi connectivity index (χ3v) is 5.23. The van der Waals surface area contributed by atoms with Crippen LogP contribution in [0.4, 0.5) is 0 Å². The number of ether oxygens (including phenoxy) is 2. The molecule has 4 rings (SSSR count). The average Bonchev–Trinajstić information content (AvgIpc) is 3.48. The molecule has 0 heterocycles. The summed E-state index contributed by atoms with van der Waals surface area (Å²) in [7, 11) is 3.22. The van der Waals surface area contributed by atoms with Crippen LogP contribution in [0.3, 0.4) is 0 Å². The minimum Gasteiger partial charge on any atom is -0.493 e. The van der Waals surface area contributed by atoms with E-state index in [0.29, 0.717) is 17.1 Å². The predicted molar refractivity (Wildman–Crippen MR) is 118 cm³/mol. The van der Waals surface area contributed by atoms with Crippen molar-refractivity contribution in [2.75, 3.05) is 20.5 Å². The molecule has 0 saturated heterocycles. The van der Waals surface area contributed by atoms with Gasteiger partial charge in [-0.05, 0) is 41.0 Å². The molecular formula is C24H21FeNO2S. The molecular weight excluding hydrogens is 422 g/mol. The molecule has 0 N–H and O–H groups in total. The number of methoxy groups -OCH3 is 2. The van der Waals surface area contributed by atoms with Gasteiger partial charge in [0.1, 0.15) is 6.07 Å². The van der Waals surface area contributed by atoms with Gasteiger partial charge in [0.25, 0.3) is 0 Å². The minimum absolute atomic E-state index is 0. The van der Waals surface area contributed by atoms with Crippen molar-refractivity contribution >= 4 is 28.1 Å². The van der Waals surface area contributed by atoms with E-state index in [9.17, 15) is 5.26 Å². The number of hydrogen-bond acceptors (Lipinski definition) is 4. The van der Waals surface area contributed by atoms with Crippen molar-refractivity contribution in [3.63, 3.8) is 0 Å². The Labute approximate surface area is 187 Å². The third-order valence-electron chi connectivity index (χ3n) is 4.47. The summed E-state index contributed by atoms with van der Waals surface area (Å²) >= 11 is 1.58. The van der Waals surface area contributed by atoms with Gasteiger partial charge in [-0.2, -0.15) is 5.26 Å². The Morgan fingerprint density at radius 3 is 1.97 bits per heavy atom. The fourth-order valence-electron chi connectivity index (χ4n) is 3.11. The summed E-state index contributed by atoms with van der Waals surface area (Å²) < 4.78 is 10.8. The Morgan fingerprint density at radius 2 is 1.52 bits per heavy atom. The largest absolute Gasteiger partial charge is 0.493 e. The van der Waals surface area contributed by atoms with Gasteiger partial charge in [0, 0.05) is 40.2 Å². The van der Waals surface area contributed by atoms with E-state index in [0.717, 1.165) is 26.8 Å². The Hall–Kier alpha value is -2.38. The number of thioether (sulfide) groups is 1. The number of fused-ring (bicyclic) bond motifs is 1. The molecule has 2 aliphatic carbocycles. The maximum absolute atomic E-state index is 9.62. The maximum atomic E-state index is 9.62. The van der Waals surface area contributed by atoms with Crippen molar-refractivity contribution in [1.29, 1.82) is 5.26 Å². The van der Waals surface area contributed by atoms with E-state index < -0.39 is 0 Å². The van der Waals surface area contributed by atoms with Crippen molar-refractivity contribution in [3.8, 4) is 17.6 Å². The van der Waals surface area contributed by atoms with Crippen LogP contribution >= 0.6 is 11.8 Å². The molecule has 0 saturated carbocycles. The van der Waals surface area contributed by atoms with Crippen LogP contribution in [0, 0.1) is 24.2 Å². The van der Waals surface area contributed by atoms with Crippen LogP contribution in [0.1, 0.15) is 11.1 Å². The summed E-state index contributed by atoms with van der Waals surface area (Å²) in [6.07, 6.45) is 20.2. The van der Waals surface area contributed by atoms with Crippen molar-refractivity contribution < 1.29 is 26.5 Å². The molecule has 0 amide bonds. The Balaban J connectivity index is 0.000000437. The molecule has 29 heavy (non-hydrogen) atoms. The number of allylic oxidation sites excluding steroid dienone is 8. The Bertz CT molecular complexity index is 1040. The molecule has 2 radical (unpaired) electrons. The van der Waals surface area contributed by atoms with Gasteiger partial charge in [-0.15, -0.1) is 11.8 Å². The van der Waals surface area contributed by atoms with E-state index in [1.54, 1.807) is 26.0 Å². The van der Waals surface area contributed by atoms with Gasteiger partial charge in [-0.3, -0.25) is 0 Å². The van der Waals surface area contributed by atoms with Crippen LogP contribution < -0.4 is 9.47 Å². The minimum atomic E-state index is 0. The zero-order chi connectivity index (χ0) is 19.9. The molecule has 0 fully saturated rings. The quantitative estimate of drug-likeness (QED) is 0.435. The third kappa shape index (κ3) is 4.97. The molecule has 0 spiro atoms. The first-order valence-electron chi connectivity index (χ1n) is 8.79. The van der Waals surface area contributed by atoms with Crippen LogP contribution in [-0.2, 0) is 17.1 Å². The molecule has 2 aromatic rings. The van der Waals surface area contributed by atoms with Gasteiger partial charge < -0.3 is 9.47 Å². The first-order valence-corrected chi connectivity index (χ1v) is 10.0. The molecule has 2 aliphatic rings. The molecule has 148 valence electrons. The Kier molecular flexibility index (Phi) is 8.67. The normalized spacial score (nSPS) is 13.4. The van der Waals surface area contributed by atoms with E-state index in [4.69, 9.17) is 9.47 Å². The smallest absolute Gasteiger partial charge is 0.161 e. The molecule has 0 aromatic heterocycles. The summed E-state index contributed by atoms with van der Waals surface area (Å²) in [4.78, 5) is 0.961. The summed E-state index contributed by atoms with van der Waals surface area (Å²) in [6.45, 7) is 0. The van der Waals surface area contributed by atoms with E-state index >= 15 is 0 Å². The molecule has 2 aromatic carbocycles. The van der Waals surface area contributed by atoms with E-state index in [-0.39, 0.29) is 17.1 Å². The molecule has 0 atom stereocenters. The van der Waals surface area contributed by atoms with Crippen LogP contribution in [0.5, 0.6) is 11.5 Å². The standard InChI is InChI=1S/C19H16NO2S.C5H5.Fe/c1-21-17-8-14-13(12-6-4-5-7-12)10-19(23-3)16(11-20)15(14)9-18(17)22-2;1-2-4-5-3-1;/h4-10H,1-3H3;1-5H;. The van der Waals surface area contributed by atoms with Crippen LogP contribution in [0.15, 0.2) is 65.6 Å². The number of hydrogen-bond donors (Lipinski definition) is 0. The van der Waals surface area contributed by atoms with E-state index in [2.05, 4.69) is 24.3 Å².